The highest BCUT2D eigenvalue weighted by atomic mass is 16.4. The van der Waals surface area contributed by atoms with Crippen LogP contribution in [-0.2, 0) is 11.3 Å². The normalized spacial score (nSPS) is 24.2. The number of piperidine rings is 1. The smallest absolute Gasteiger partial charge is 0.336 e. The number of fused-ring (bicyclic) bond motifs is 2. The Morgan fingerprint density at radius 2 is 1.88 bits per heavy atom. The van der Waals surface area contributed by atoms with Crippen molar-refractivity contribution in [2.75, 3.05) is 19.6 Å². The Kier molecular flexibility index (Phi) is 3.68. The van der Waals surface area contributed by atoms with E-state index in [0.717, 1.165) is 42.7 Å². The van der Waals surface area contributed by atoms with Crippen molar-refractivity contribution in [1.29, 1.82) is 0 Å². The molecule has 0 saturated carbocycles. The number of benzene rings is 1. The van der Waals surface area contributed by atoms with Crippen molar-refractivity contribution in [3.05, 3.63) is 45.3 Å². The van der Waals surface area contributed by atoms with Crippen LogP contribution in [-0.4, -0.2) is 30.4 Å². The number of rotatable bonds is 2. The van der Waals surface area contributed by atoms with Crippen LogP contribution >= 0.6 is 0 Å². The van der Waals surface area contributed by atoms with Crippen molar-refractivity contribution in [2.24, 2.45) is 11.8 Å². The number of hydrogen-bond acceptors (Lipinski definition) is 4. The molecule has 1 amide bonds. The monoisotopic (exact) mass is 326 g/mol. The van der Waals surface area contributed by atoms with Gasteiger partial charge in [-0.1, -0.05) is 0 Å². The minimum atomic E-state index is -0.297. The Hall–Kier alpha value is -2.14. The molecule has 0 bridgehead atoms. The molecule has 4 rings (SSSR count). The molecule has 24 heavy (non-hydrogen) atoms. The number of nitrogens with one attached hydrogen (secondary N) is 1. The van der Waals surface area contributed by atoms with Gasteiger partial charge in [0, 0.05) is 44.1 Å². The molecule has 1 aromatic carbocycles. The van der Waals surface area contributed by atoms with Crippen LogP contribution in [0.4, 0.5) is 0 Å². The zero-order valence-corrected chi connectivity index (χ0v) is 14.1. The molecular weight excluding hydrogens is 304 g/mol. The minimum absolute atomic E-state index is 0.162. The van der Waals surface area contributed by atoms with Gasteiger partial charge < -0.3 is 9.73 Å². The zero-order chi connectivity index (χ0) is 16.8. The molecule has 2 atom stereocenters. The van der Waals surface area contributed by atoms with E-state index >= 15 is 0 Å². The van der Waals surface area contributed by atoms with E-state index < -0.39 is 0 Å². The first-order chi connectivity index (χ1) is 11.5. The van der Waals surface area contributed by atoms with Crippen LogP contribution in [0, 0.1) is 25.7 Å². The zero-order valence-electron chi connectivity index (χ0n) is 14.1. The summed E-state index contributed by atoms with van der Waals surface area (Å²) in [6.45, 7) is 7.49. The molecule has 5 nitrogen and oxygen atoms in total. The van der Waals surface area contributed by atoms with E-state index in [1.54, 1.807) is 6.07 Å². The molecule has 2 aliphatic heterocycles. The molecule has 0 radical (unpaired) electrons. The number of carbonyl (C=O) groups excluding carboxylic acids is 1. The van der Waals surface area contributed by atoms with Crippen LogP contribution in [0.3, 0.4) is 0 Å². The summed E-state index contributed by atoms with van der Waals surface area (Å²) in [5.41, 5.74) is 3.70. The Morgan fingerprint density at radius 1 is 1.12 bits per heavy atom. The average molecular weight is 326 g/mol. The minimum Gasteiger partial charge on any atom is -0.423 e. The molecule has 5 heteroatoms. The van der Waals surface area contributed by atoms with Gasteiger partial charge in [0.2, 0.25) is 5.91 Å². The van der Waals surface area contributed by atoms with Crippen molar-refractivity contribution >= 4 is 16.9 Å². The largest absolute Gasteiger partial charge is 0.423 e. The highest BCUT2D eigenvalue weighted by Crippen LogP contribution is 2.30. The van der Waals surface area contributed by atoms with Crippen molar-refractivity contribution in [3.63, 3.8) is 0 Å². The highest BCUT2D eigenvalue weighted by molar-refractivity contribution is 5.82. The second kappa shape index (κ2) is 5.74. The first-order valence-corrected chi connectivity index (χ1v) is 8.52. The van der Waals surface area contributed by atoms with E-state index in [1.165, 1.54) is 5.56 Å². The maximum absolute atomic E-state index is 11.9. The Balaban J connectivity index is 1.64. The Morgan fingerprint density at radius 3 is 2.71 bits per heavy atom. The molecule has 0 unspecified atom stereocenters. The predicted octanol–water partition coefficient (Wildman–Crippen LogP) is 1.98. The molecule has 0 aliphatic carbocycles. The van der Waals surface area contributed by atoms with Gasteiger partial charge in [-0.05, 0) is 54.5 Å². The summed E-state index contributed by atoms with van der Waals surface area (Å²) in [5, 5.41) is 3.98. The van der Waals surface area contributed by atoms with E-state index in [1.807, 2.05) is 13.0 Å². The third kappa shape index (κ3) is 2.73. The fraction of sp³-hybridized carbons (Fsp3) is 0.474. The maximum atomic E-state index is 11.9. The van der Waals surface area contributed by atoms with Gasteiger partial charge in [0.25, 0.3) is 0 Å². The van der Waals surface area contributed by atoms with Gasteiger partial charge in [-0.15, -0.1) is 0 Å². The first kappa shape index (κ1) is 15.4. The van der Waals surface area contributed by atoms with Gasteiger partial charge in [-0.3, -0.25) is 9.69 Å². The van der Waals surface area contributed by atoms with Gasteiger partial charge in [-0.2, -0.15) is 0 Å². The fourth-order valence-electron chi connectivity index (χ4n) is 4.04. The van der Waals surface area contributed by atoms with E-state index in [-0.39, 0.29) is 11.5 Å². The van der Waals surface area contributed by atoms with Crippen molar-refractivity contribution < 1.29 is 9.21 Å². The lowest BCUT2D eigenvalue weighted by molar-refractivity contribution is -0.124. The lowest BCUT2D eigenvalue weighted by atomic mass is 9.89. The third-order valence-electron chi connectivity index (χ3n) is 5.50. The van der Waals surface area contributed by atoms with Gasteiger partial charge in [-0.25, -0.2) is 4.79 Å². The summed E-state index contributed by atoms with van der Waals surface area (Å²) in [6, 6.07) is 5.67. The van der Waals surface area contributed by atoms with Crippen molar-refractivity contribution in [3.8, 4) is 0 Å². The molecule has 126 valence electrons. The quantitative estimate of drug-likeness (QED) is 0.857. The van der Waals surface area contributed by atoms with E-state index in [2.05, 4.69) is 23.2 Å². The molecule has 1 N–H and O–H groups in total. The lowest BCUT2D eigenvalue weighted by Crippen LogP contribution is -2.39. The number of likely N-dealkylation sites (tertiary alicyclic amines) is 1. The van der Waals surface area contributed by atoms with Crippen LogP contribution in [0.25, 0.3) is 11.0 Å². The second-order valence-corrected chi connectivity index (χ2v) is 7.25. The molecule has 0 spiro atoms. The van der Waals surface area contributed by atoms with Crippen LogP contribution in [0.15, 0.2) is 27.4 Å². The molecule has 1 aromatic heterocycles. The summed E-state index contributed by atoms with van der Waals surface area (Å²) < 4.78 is 5.38. The Bertz CT molecular complexity index is 871. The fourth-order valence-corrected chi connectivity index (χ4v) is 4.04. The predicted molar refractivity (Wildman–Crippen MR) is 91.8 cm³/mol. The average Bonchev–Trinajstić information content (AvgIpc) is 2.90. The molecule has 3 heterocycles. The number of nitrogens with zero attached hydrogens (tertiary/aromatic N) is 1. The summed E-state index contributed by atoms with van der Waals surface area (Å²) >= 11 is 0. The van der Waals surface area contributed by atoms with Crippen LogP contribution < -0.4 is 10.9 Å². The van der Waals surface area contributed by atoms with Crippen molar-refractivity contribution in [1.82, 2.24) is 10.2 Å². The van der Waals surface area contributed by atoms with Gasteiger partial charge in [0.05, 0.1) is 0 Å². The second-order valence-electron chi connectivity index (χ2n) is 7.25. The number of hydrogen-bond donors (Lipinski definition) is 1. The summed E-state index contributed by atoms with van der Waals surface area (Å²) in [6.07, 6.45) is 0.622. The van der Waals surface area contributed by atoms with E-state index in [4.69, 9.17) is 4.42 Å². The third-order valence-corrected chi connectivity index (χ3v) is 5.50. The van der Waals surface area contributed by atoms with Gasteiger partial charge >= 0.3 is 5.63 Å². The van der Waals surface area contributed by atoms with Crippen LogP contribution in [0.2, 0.25) is 0 Å². The molecule has 2 saturated heterocycles. The number of carbonyl (C=O) groups is 1. The maximum Gasteiger partial charge on any atom is 0.336 e. The SMILES string of the molecule is Cc1cc2oc(=O)cc(CN3C[C@H]4CC(=O)NC[C@H]4C3)c2cc1C. The van der Waals surface area contributed by atoms with E-state index in [9.17, 15) is 9.59 Å². The van der Waals surface area contributed by atoms with E-state index in [0.29, 0.717) is 23.8 Å². The molecule has 2 aromatic rings. The van der Waals surface area contributed by atoms with Crippen LogP contribution in [0.5, 0.6) is 0 Å². The first-order valence-electron chi connectivity index (χ1n) is 8.52. The molecular formula is C19H22N2O3. The standard InChI is InChI=1S/C19H22N2O3/c1-11-3-16-14(6-19(23)24-17(16)4-12(11)2)9-21-8-13-5-18(22)20-7-15(13)10-21/h3-4,6,13,15H,5,7-10H2,1-2H3,(H,20,22)/t13-,15+/m1/s1. The number of aryl methyl sites for hydroxylation is 2. The van der Waals surface area contributed by atoms with Crippen molar-refractivity contribution in [2.45, 2.75) is 26.8 Å². The topological polar surface area (TPSA) is 62.6 Å². The summed E-state index contributed by atoms with van der Waals surface area (Å²) in [7, 11) is 0. The summed E-state index contributed by atoms with van der Waals surface area (Å²) in [4.78, 5) is 25.9. The molecule has 2 fully saturated rings. The number of amides is 1. The Labute approximate surface area is 140 Å². The summed E-state index contributed by atoms with van der Waals surface area (Å²) in [5.74, 6) is 1.13. The lowest BCUT2D eigenvalue weighted by Gasteiger charge is -2.23. The molecule has 2 aliphatic rings. The van der Waals surface area contributed by atoms with Gasteiger partial charge in [0.15, 0.2) is 0 Å². The highest BCUT2D eigenvalue weighted by Gasteiger charge is 2.37. The van der Waals surface area contributed by atoms with Crippen LogP contribution in [0.1, 0.15) is 23.1 Å². The van der Waals surface area contributed by atoms with Gasteiger partial charge in [0.1, 0.15) is 5.58 Å².